The molecule has 132 valence electrons. The molecule has 0 fully saturated rings. The molecule has 1 unspecified atom stereocenters. The first-order valence-corrected chi connectivity index (χ1v) is 9.53. The number of carbonyl (C=O) groups excluding carboxylic acids is 1. The van der Waals surface area contributed by atoms with Crippen molar-refractivity contribution in [1.82, 2.24) is 0 Å². The molecule has 6 nitrogen and oxygen atoms in total. The summed E-state index contributed by atoms with van der Waals surface area (Å²) in [7, 11) is -2.21. The smallest absolute Gasteiger partial charge is 0.262 e. The fourth-order valence-electron chi connectivity index (χ4n) is 3.04. The van der Waals surface area contributed by atoms with Crippen LogP contribution in [-0.4, -0.2) is 27.5 Å². The van der Waals surface area contributed by atoms with Crippen LogP contribution in [0.5, 0.6) is 0 Å². The number of carbonyl (C=O) groups is 1. The molecule has 0 radical (unpaired) electrons. The first kappa shape index (κ1) is 17.7. The van der Waals surface area contributed by atoms with Gasteiger partial charge in [-0.3, -0.25) is 9.69 Å². The fraction of sp³-hybridized carbons (Fsp3) is 0.235. The molecule has 1 aliphatic rings. The van der Waals surface area contributed by atoms with E-state index in [4.69, 9.17) is 16.7 Å². The minimum absolute atomic E-state index is 0.00237. The van der Waals surface area contributed by atoms with Crippen LogP contribution in [0, 0.1) is 6.92 Å². The minimum atomic E-state index is -4.03. The van der Waals surface area contributed by atoms with Crippen LogP contribution in [0.1, 0.15) is 22.8 Å². The SMILES string of the molecule is Cc1ccccc1N1C(=O)c2cc(S(N)(=O)=O)c(Cl)cc2N(C)C1C. The molecule has 8 heteroatoms. The van der Waals surface area contributed by atoms with Gasteiger partial charge in [0.25, 0.3) is 5.91 Å². The predicted molar refractivity (Wildman–Crippen MR) is 98.7 cm³/mol. The molecular formula is C17H18ClN3O3S. The lowest BCUT2D eigenvalue weighted by atomic mass is 10.0. The van der Waals surface area contributed by atoms with Crippen molar-refractivity contribution < 1.29 is 13.2 Å². The Hall–Kier alpha value is -2.09. The van der Waals surface area contributed by atoms with Crippen molar-refractivity contribution in [1.29, 1.82) is 0 Å². The average Bonchev–Trinajstić information content (AvgIpc) is 2.53. The van der Waals surface area contributed by atoms with Gasteiger partial charge in [0.05, 0.1) is 16.3 Å². The Morgan fingerprint density at radius 1 is 1.16 bits per heavy atom. The number of hydrogen-bond acceptors (Lipinski definition) is 4. The Balaban J connectivity index is 2.23. The highest BCUT2D eigenvalue weighted by molar-refractivity contribution is 7.89. The largest absolute Gasteiger partial charge is 0.353 e. The number of amides is 1. The van der Waals surface area contributed by atoms with Crippen molar-refractivity contribution >= 4 is 38.9 Å². The third-order valence-corrected chi connectivity index (χ3v) is 5.87. The van der Waals surface area contributed by atoms with Crippen molar-refractivity contribution in [2.24, 2.45) is 5.14 Å². The Morgan fingerprint density at radius 2 is 1.80 bits per heavy atom. The number of para-hydroxylation sites is 1. The van der Waals surface area contributed by atoms with E-state index in [0.29, 0.717) is 5.69 Å². The van der Waals surface area contributed by atoms with E-state index in [-0.39, 0.29) is 27.6 Å². The van der Waals surface area contributed by atoms with Crippen molar-refractivity contribution in [3.05, 3.63) is 52.5 Å². The molecule has 1 heterocycles. The van der Waals surface area contributed by atoms with Gasteiger partial charge in [-0.2, -0.15) is 0 Å². The molecule has 3 rings (SSSR count). The van der Waals surface area contributed by atoms with Crippen molar-refractivity contribution in [3.8, 4) is 0 Å². The van der Waals surface area contributed by atoms with Gasteiger partial charge in [-0.1, -0.05) is 29.8 Å². The first-order chi connectivity index (χ1) is 11.6. The predicted octanol–water partition coefficient (Wildman–Crippen LogP) is 2.74. The highest BCUT2D eigenvalue weighted by atomic mass is 35.5. The summed E-state index contributed by atoms with van der Waals surface area (Å²) in [6, 6.07) is 10.3. The van der Waals surface area contributed by atoms with E-state index in [9.17, 15) is 13.2 Å². The topological polar surface area (TPSA) is 83.7 Å². The summed E-state index contributed by atoms with van der Waals surface area (Å²) in [5.41, 5.74) is 2.53. The van der Waals surface area contributed by atoms with E-state index in [0.717, 1.165) is 11.3 Å². The highest BCUT2D eigenvalue weighted by Crippen LogP contribution is 2.38. The standard InChI is InChI=1S/C17H18ClN3O3S/c1-10-6-4-5-7-14(10)21-11(2)20(3)15-9-13(18)16(25(19,23)24)8-12(15)17(21)22/h4-9,11H,1-3H3,(H2,19,23,24). The first-order valence-electron chi connectivity index (χ1n) is 7.61. The Kier molecular flexibility index (Phi) is 4.26. The highest BCUT2D eigenvalue weighted by Gasteiger charge is 2.36. The quantitative estimate of drug-likeness (QED) is 0.869. The van der Waals surface area contributed by atoms with Crippen molar-refractivity contribution in [2.45, 2.75) is 24.9 Å². The van der Waals surface area contributed by atoms with Crippen LogP contribution in [0.25, 0.3) is 0 Å². The molecule has 0 saturated heterocycles. The zero-order valence-corrected chi connectivity index (χ0v) is 15.6. The molecule has 0 aromatic heterocycles. The zero-order chi connectivity index (χ0) is 18.5. The van der Waals surface area contributed by atoms with Gasteiger partial charge >= 0.3 is 0 Å². The van der Waals surface area contributed by atoms with Crippen LogP contribution in [0.4, 0.5) is 11.4 Å². The van der Waals surface area contributed by atoms with Gasteiger partial charge in [-0.25, -0.2) is 13.6 Å². The fourth-order valence-corrected chi connectivity index (χ4v) is 4.14. The lowest BCUT2D eigenvalue weighted by Crippen LogP contribution is -2.53. The normalized spacial score (nSPS) is 17.6. The summed E-state index contributed by atoms with van der Waals surface area (Å²) in [5, 5.41) is 5.21. The van der Waals surface area contributed by atoms with Gasteiger partial charge in [0.1, 0.15) is 11.1 Å². The third-order valence-electron chi connectivity index (χ3n) is 4.50. The molecule has 0 aliphatic carbocycles. The van der Waals surface area contributed by atoms with E-state index in [1.807, 2.05) is 50.1 Å². The van der Waals surface area contributed by atoms with Crippen LogP contribution >= 0.6 is 11.6 Å². The second-order valence-corrected chi connectivity index (χ2v) is 7.99. The summed E-state index contributed by atoms with van der Waals surface area (Å²) >= 11 is 6.07. The summed E-state index contributed by atoms with van der Waals surface area (Å²) in [6.45, 7) is 3.82. The molecule has 2 aromatic rings. The monoisotopic (exact) mass is 379 g/mol. The minimum Gasteiger partial charge on any atom is -0.353 e. The van der Waals surface area contributed by atoms with Crippen LogP contribution < -0.4 is 14.9 Å². The Bertz CT molecular complexity index is 975. The Labute approximate surface area is 151 Å². The van der Waals surface area contributed by atoms with E-state index in [1.165, 1.54) is 12.1 Å². The summed E-state index contributed by atoms with van der Waals surface area (Å²) < 4.78 is 23.5. The number of nitrogens with zero attached hydrogens (tertiary/aromatic N) is 2. The molecule has 2 aromatic carbocycles. The number of benzene rings is 2. The van der Waals surface area contributed by atoms with Crippen LogP contribution in [0.2, 0.25) is 5.02 Å². The van der Waals surface area contributed by atoms with Gasteiger partial charge in [-0.15, -0.1) is 0 Å². The zero-order valence-electron chi connectivity index (χ0n) is 14.0. The number of rotatable bonds is 2. The van der Waals surface area contributed by atoms with Crippen LogP contribution in [0.3, 0.4) is 0 Å². The van der Waals surface area contributed by atoms with Gasteiger partial charge < -0.3 is 4.90 Å². The van der Waals surface area contributed by atoms with E-state index < -0.39 is 10.0 Å². The average molecular weight is 380 g/mol. The summed E-state index contributed by atoms with van der Waals surface area (Å²) in [4.78, 5) is 16.4. The van der Waals surface area contributed by atoms with E-state index in [1.54, 1.807) is 4.90 Å². The van der Waals surface area contributed by atoms with Gasteiger partial charge in [0.15, 0.2) is 0 Å². The number of hydrogen-bond donors (Lipinski definition) is 1. The summed E-state index contributed by atoms with van der Waals surface area (Å²) in [6.07, 6.45) is -0.266. The maximum absolute atomic E-state index is 13.1. The Morgan fingerprint density at radius 3 is 2.40 bits per heavy atom. The van der Waals surface area contributed by atoms with Crippen molar-refractivity contribution in [2.75, 3.05) is 16.8 Å². The molecule has 2 N–H and O–H groups in total. The molecule has 1 amide bonds. The van der Waals surface area contributed by atoms with Gasteiger partial charge in [0, 0.05) is 12.7 Å². The lowest BCUT2D eigenvalue weighted by molar-refractivity contribution is 0.0972. The van der Waals surface area contributed by atoms with Gasteiger partial charge in [0.2, 0.25) is 10.0 Å². The van der Waals surface area contributed by atoms with Gasteiger partial charge in [-0.05, 0) is 37.6 Å². The lowest BCUT2D eigenvalue weighted by Gasteiger charge is -2.42. The second-order valence-electron chi connectivity index (χ2n) is 6.05. The number of nitrogens with two attached hydrogens (primary N) is 1. The number of sulfonamides is 1. The number of anilines is 2. The number of aryl methyl sites for hydroxylation is 1. The molecule has 0 bridgehead atoms. The van der Waals surface area contributed by atoms with Crippen LogP contribution in [-0.2, 0) is 10.0 Å². The summed E-state index contributed by atoms with van der Waals surface area (Å²) in [5.74, 6) is -0.295. The molecule has 1 atom stereocenters. The van der Waals surface area contributed by atoms with Crippen LogP contribution in [0.15, 0.2) is 41.3 Å². The van der Waals surface area contributed by atoms with Crippen molar-refractivity contribution in [3.63, 3.8) is 0 Å². The molecule has 0 saturated carbocycles. The third kappa shape index (κ3) is 2.88. The van der Waals surface area contributed by atoms with E-state index in [2.05, 4.69) is 0 Å². The maximum Gasteiger partial charge on any atom is 0.262 e. The molecular weight excluding hydrogens is 362 g/mol. The molecule has 25 heavy (non-hydrogen) atoms. The number of fused-ring (bicyclic) bond motifs is 1. The number of halogens is 1. The number of primary sulfonamides is 1. The van der Waals surface area contributed by atoms with E-state index >= 15 is 0 Å². The second kappa shape index (κ2) is 6.01. The maximum atomic E-state index is 13.1. The molecule has 0 spiro atoms. The molecule has 1 aliphatic heterocycles.